The summed E-state index contributed by atoms with van der Waals surface area (Å²) in [4.78, 5) is 19.0. The summed E-state index contributed by atoms with van der Waals surface area (Å²) in [7, 11) is -1.42. The Labute approximate surface area is 202 Å². The number of sulfone groups is 1. The molecule has 0 bridgehead atoms. The van der Waals surface area contributed by atoms with E-state index in [1.807, 2.05) is 43.0 Å². The number of rotatable bonds is 11. The lowest BCUT2D eigenvalue weighted by Gasteiger charge is -2.37. The van der Waals surface area contributed by atoms with E-state index in [0.717, 1.165) is 24.2 Å². The van der Waals surface area contributed by atoms with Crippen molar-refractivity contribution in [2.75, 3.05) is 25.2 Å². The van der Waals surface area contributed by atoms with Crippen molar-refractivity contribution in [2.45, 2.75) is 64.7 Å². The molecule has 0 N–H and O–H groups in total. The summed E-state index contributed by atoms with van der Waals surface area (Å²) in [6, 6.07) is 12.1. The summed E-state index contributed by atoms with van der Waals surface area (Å²) in [5.41, 5.74) is 1.11. The van der Waals surface area contributed by atoms with Crippen LogP contribution in [0.5, 0.6) is 5.75 Å². The Morgan fingerprint density at radius 1 is 1.18 bits per heavy atom. The van der Waals surface area contributed by atoms with Crippen LogP contribution in [0.3, 0.4) is 0 Å². The molecule has 1 aliphatic heterocycles. The smallest absolute Gasteiger partial charge is 0.237 e. The fourth-order valence-corrected chi connectivity index (χ4v) is 6.98. The third-order valence-electron chi connectivity index (χ3n) is 6.54. The molecule has 6 nitrogen and oxygen atoms in total. The van der Waals surface area contributed by atoms with Crippen LogP contribution >= 0.6 is 11.3 Å². The zero-order valence-electron chi connectivity index (χ0n) is 20.1. The van der Waals surface area contributed by atoms with Crippen LogP contribution in [0.1, 0.15) is 44.1 Å². The summed E-state index contributed by atoms with van der Waals surface area (Å²) < 4.78 is 29.5. The minimum atomic E-state index is -3.07. The first-order chi connectivity index (χ1) is 15.7. The van der Waals surface area contributed by atoms with E-state index < -0.39 is 9.84 Å². The first-order valence-corrected chi connectivity index (χ1v) is 14.3. The molecule has 8 heteroatoms. The van der Waals surface area contributed by atoms with Crippen molar-refractivity contribution in [3.8, 4) is 5.75 Å². The fourth-order valence-electron chi connectivity index (χ4n) is 4.44. The number of carbonyl (C=O) groups is 1. The molecule has 0 spiro atoms. The zero-order chi connectivity index (χ0) is 24.0. The van der Waals surface area contributed by atoms with Gasteiger partial charge in [-0.3, -0.25) is 9.69 Å². The molecule has 1 aromatic heterocycles. The average Bonchev–Trinajstić information content (AvgIpc) is 3.42. The highest BCUT2D eigenvalue weighted by atomic mass is 32.2. The molecule has 1 aromatic carbocycles. The summed E-state index contributed by atoms with van der Waals surface area (Å²) in [5.74, 6) is 1.06. The molecule has 3 rings (SSSR count). The van der Waals surface area contributed by atoms with Crippen LogP contribution < -0.4 is 4.74 Å². The van der Waals surface area contributed by atoms with Crippen molar-refractivity contribution in [1.29, 1.82) is 0 Å². The van der Waals surface area contributed by atoms with Crippen molar-refractivity contribution in [1.82, 2.24) is 9.80 Å². The van der Waals surface area contributed by atoms with Gasteiger partial charge in [0.25, 0.3) is 0 Å². The van der Waals surface area contributed by atoms with E-state index in [1.54, 1.807) is 18.4 Å². The SMILES string of the molecule is CCC(C)N(C(=O)CN(Cc1ccc(OC)cc1)C(C)Cc1cccs1)C1CCS(=O)(=O)C1. The highest BCUT2D eigenvalue weighted by molar-refractivity contribution is 7.91. The molecule has 3 atom stereocenters. The van der Waals surface area contributed by atoms with Crippen molar-refractivity contribution in [3.05, 3.63) is 52.2 Å². The molecule has 0 saturated carbocycles. The molecule has 1 aliphatic rings. The Morgan fingerprint density at radius 2 is 1.91 bits per heavy atom. The van der Waals surface area contributed by atoms with Gasteiger partial charge in [0.2, 0.25) is 5.91 Å². The molecular weight excluding hydrogens is 456 g/mol. The van der Waals surface area contributed by atoms with Crippen molar-refractivity contribution in [2.24, 2.45) is 0 Å². The maximum Gasteiger partial charge on any atom is 0.237 e. The molecule has 1 fully saturated rings. The molecule has 33 heavy (non-hydrogen) atoms. The Kier molecular flexibility index (Phi) is 8.95. The van der Waals surface area contributed by atoms with Crippen LogP contribution in [0.2, 0.25) is 0 Å². The van der Waals surface area contributed by atoms with Gasteiger partial charge in [0.15, 0.2) is 9.84 Å². The number of benzene rings is 1. The van der Waals surface area contributed by atoms with Gasteiger partial charge in [-0.2, -0.15) is 0 Å². The number of carbonyl (C=O) groups excluding carboxylic acids is 1. The number of amides is 1. The highest BCUT2D eigenvalue weighted by Gasteiger charge is 2.37. The fraction of sp³-hybridized carbons (Fsp3) is 0.560. The number of nitrogens with zero attached hydrogens (tertiary/aromatic N) is 2. The van der Waals surface area contributed by atoms with E-state index in [-0.39, 0.29) is 42.1 Å². The second-order valence-corrected chi connectivity index (χ2v) is 12.3. The average molecular weight is 493 g/mol. The van der Waals surface area contributed by atoms with Crippen LogP contribution in [-0.2, 0) is 27.6 Å². The Balaban J connectivity index is 1.80. The lowest BCUT2D eigenvalue weighted by atomic mass is 10.1. The standard InChI is InChI=1S/C25H36N2O4S2/c1-5-19(2)27(22-12-14-33(29,30)18-22)25(28)17-26(20(3)15-24-7-6-13-32-24)16-21-8-10-23(31-4)11-9-21/h6-11,13,19-20,22H,5,12,14-18H2,1-4H3. The minimum Gasteiger partial charge on any atom is -0.497 e. The Morgan fingerprint density at radius 3 is 2.45 bits per heavy atom. The third-order valence-corrected chi connectivity index (χ3v) is 9.19. The van der Waals surface area contributed by atoms with E-state index in [2.05, 4.69) is 29.3 Å². The number of thiophene rings is 1. The quantitative estimate of drug-likeness (QED) is 0.474. The summed E-state index contributed by atoms with van der Waals surface area (Å²) in [5, 5.41) is 2.08. The Hall–Kier alpha value is -1.90. The van der Waals surface area contributed by atoms with Gasteiger partial charge in [-0.25, -0.2) is 8.42 Å². The number of hydrogen-bond donors (Lipinski definition) is 0. The second-order valence-electron chi connectivity index (χ2n) is 9.00. The van der Waals surface area contributed by atoms with Crippen molar-refractivity contribution >= 4 is 27.1 Å². The van der Waals surface area contributed by atoms with E-state index in [4.69, 9.17) is 4.74 Å². The minimum absolute atomic E-state index is 0.00578. The van der Waals surface area contributed by atoms with Gasteiger partial charge >= 0.3 is 0 Å². The van der Waals surface area contributed by atoms with Gasteiger partial charge in [-0.15, -0.1) is 11.3 Å². The van der Waals surface area contributed by atoms with Gasteiger partial charge in [0.1, 0.15) is 5.75 Å². The number of ether oxygens (including phenoxy) is 1. The molecular formula is C25H36N2O4S2. The van der Waals surface area contributed by atoms with Crippen molar-refractivity contribution < 1.29 is 17.9 Å². The largest absolute Gasteiger partial charge is 0.497 e. The van der Waals surface area contributed by atoms with Gasteiger partial charge in [0, 0.05) is 29.5 Å². The Bertz CT molecular complexity index is 990. The maximum absolute atomic E-state index is 13.6. The van der Waals surface area contributed by atoms with Crippen LogP contribution in [-0.4, -0.2) is 67.4 Å². The molecule has 2 heterocycles. The predicted octanol–water partition coefficient (Wildman–Crippen LogP) is 4.00. The predicted molar refractivity (Wildman–Crippen MR) is 135 cm³/mol. The van der Waals surface area contributed by atoms with E-state index >= 15 is 0 Å². The summed E-state index contributed by atoms with van der Waals surface area (Å²) >= 11 is 1.73. The topological polar surface area (TPSA) is 66.9 Å². The van der Waals surface area contributed by atoms with Gasteiger partial charge in [0.05, 0.1) is 25.2 Å². The lowest BCUT2D eigenvalue weighted by Crippen LogP contribution is -2.51. The first-order valence-electron chi connectivity index (χ1n) is 11.6. The van der Waals surface area contributed by atoms with Gasteiger partial charge in [-0.05, 0) is 62.3 Å². The molecule has 1 amide bonds. The zero-order valence-corrected chi connectivity index (χ0v) is 21.7. The monoisotopic (exact) mass is 492 g/mol. The molecule has 2 aromatic rings. The number of hydrogen-bond acceptors (Lipinski definition) is 6. The molecule has 0 aliphatic carbocycles. The maximum atomic E-state index is 13.6. The summed E-state index contributed by atoms with van der Waals surface area (Å²) in [6.45, 7) is 7.12. The molecule has 182 valence electrons. The van der Waals surface area contributed by atoms with Crippen LogP contribution in [0.15, 0.2) is 41.8 Å². The second kappa shape index (κ2) is 11.5. The molecule has 3 unspecified atom stereocenters. The van der Waals surface area contributed by atoms with E-state index in [0.29, 0.717) is 13.0 Å². The first kappa shape index (κ1) is 25.7. The van der Waals surface area contributed by atoms with Crippen LogP contribution in [0.4, 0.5) is 0 Å². The van der Waals surface area contributed by atoms with Gasteiger partial charge < -0.3 is 9.64 Å². The van der Waals surface area contributed by atoms with Crippen LogP contribution in [0, 0.1) is 0 Å². The van der Waals surface area contributed by atoms with E-state index in [1.165, 1.54) is 4.88 Å². The lowest BCUT2D eigenvalue weighted by molar-refractivity contribution is -0.137. The van der Waals surface area contributed by atoms with Crippen LogP contribution in [0.25, 0.3) is 0 Å². The normalized spacial score (nSPS) is 19.4. The summed E-state index contributed by atoms with van der Waals surface area (Å²) in [6.07, 6.45) is 2.19. The van der Waals surface area contributed by atoms with Crippen molar-refractivity contribution in [3.63, 3.8) is 0 Å². The molecule has 1 saturated heterocycles. The molecule has 0 radical (unpaired) electrons. The third kappa shape index (κ3) is 7.04. The van der Waals surface area contributed by atoms with Gasteiger partial charge in [-0.1, -0.05) is 25.1 Å². The highest BCUT2D eigenvalue weighted by Crippen LogP contribution is 2.23. The number of methoxy groups -OCH3 is 1. The van der Waals surface area contributed by atoms with E-state index in [9.17, 15) is 13.2 Å².